The fraction of sp³-hybridized carbons (Fsp3) is 0.269. The first-order valence-corrected chi connectivity index (χ1v) is 20.2. The first-order chi connectivity index (χ1) is 27.3. The number of pyridine rings is 1. The first kappa shape index (κ1) is 40.9. The number of aryl methyl sites for hydroxylation is 1. The third kappa shape index (κ3) is 7.70. The molecule has 5 aromatic carbocycles. The second-order valence-electron chi connectivity index (χ2n) is 17.3. The molecule has 3 aromatic heterocycles. The van der Waals surface area contributed by atoms with Crippen LogP contribution >= 0.6 is 0 Å². The largest absolute Gasteiger partial charge is 2.00 e. The predicted octanol–water partition coefficient (Wildman–Crippen LogP) is 14.1. The molecule has 0 aliphatic heterocycles. The Hall–Kier alpha value is -5.25. The Labute approximate surface area is 358 Å². The van der Waals surface area contributed by atoms with Crippen LogP contribution in [0.15, 0.2) is 116 Å². The van der Waals surface area contributed by atoms with Crippen molar-refractivity contribution >= 4 is 21.8 Å². The molecule has 3 heterocycles. The van der Waals surface area contributed by atoms with E-state index in [1.807, 2.05) is 30.6 Å². The minimum absolute atomic E-state index is 0. The second kappa shape index (κ2) is 16.2. The molecule has 296 valence electrons. The number of hydrogen-bond donors (Lipinski definition) is 0. The molecule has 0 saturated heterocycles. The molecule has 0 spiro atoms. The molecule has 58 heavy (non-hydrogen) atoms. The normalized spacial score (nSPS) is 11.9. The summed E-state index contributed by atoms with van der Waals surface area (Å²) in [6.45, 7) is 22.5. The summed E-state index contributed by atoms with van der Waals surface area (Å²) < 4.78 is 11.1. The van der Waals surface area contributed by atoms with Crippen LogP contribution in [0.2, 0.25) is 0 Å². The summed E-state index contributed by atoms with van der Waals surface area (Å²) in [5, 5.41) is 2.23. The molecule has 0 aliphatic rings. The molecule has 0 N–H and O–H groups in total. The molecular weight excluding hydrogens is 892 g/mol. The summed E-state index contributed by atoms with van der Waals surface area (Å²) in [7, 11) is 0. The van der Waals surface area contributed by atoms with Crippen LogP contribution in [-0.4, -0.2) is 19.1 Å². The number of rotatable bonds is 9. The van der Waals surface area contributed by atoms with Crippen molar-refractivity contribution in [2.45, 2.75) is 92.4 Å². The standard InChI is InChI=1S/C52H52N4O.Pt/c1-32(2)38-27-45(33(3)4)50(46(28-38)34(5)6)55-25-24-54-51(55)37-15-13-16-40(26-37)57-41-19-21-44-43-20-18-39(52(8,9)10)30-47(43)56(48(44)31-41)49-29-36(22-23-53-49)42-17-12-11-14-35(42)7;/h11-25,27-30,32-34H,1-10H3;/q-2;+2. The Bertz CT molecular complexity index is 2730. The van der Waals surface area contributed by atoms with Crippen LogP contribution in [0.1, 0.15) is 108 Å². The molecule has 0 fully saturated rings. The predicted molar refractivity (Wildman–Crippen MR) is 236 cm³/mol. The Balaban J connectivity index is 0.00000512. The minimum atomic E-state index is -0.0241. The average Bonchev–Trinajstić information content (AvgIpc) is 3.80. The van der Waals surface area contributed by atoms with Crippen molar-refractivity contribution in [3.8, 4) is 45.5 Å². The topological polar surface area (TPSA) is 44.9 Å². The third-order valence-electron chi connectivity index (χ3n) is 11.2. The number of aromatic nitrogens is 4. The van der Waals surface area contributed by atoms with E-state index in [0.717, 1.165) is 44.6 Å². The smallest absolute Gasteiger partial charge is 0.503 e. The van der Waals surface area contributed by atoms with Gasteiger partial charge in [-0.25, -0.2) is 4.98 Å². The van der Waals surface area contributed by atoms with Gasteiger partial charge in [-0.05, 0) is 92.6 Å². The molecule has 0 atom stereocenters. The Morgan fingerprint density at radius 1 is 0.672 bits per heavy atom. The van der Waals surface area contributed by atoms with Crippen LogP contribution in [0.4, 0.5) is 0 Å². The number of benzene rings is 5. The zero-order valence-corrected chi connectivity index (χ0v) is 37.5. The quantitative estimate of drug-likeness (QED) is 0.135. The van der Waals surface area contributed by atoms with Crippen LogP contribution in [0, 0.1) is 19.1 Å². The molecule has 6 heteroatoms. The first-order valence-electron chi connectivity index (χ1n) is 20.2. The van der Waals surface area contributed by atoms with Gasteiger partial charge in [0.25, 0.3) is 0 Å². The number of fused-ring (bicyclic) bond motifs is 3. The van der Waals surface area contributed by atoms with Crippen LogP contribution in [-0.2, 0) is 26.5 Å². The van der Waals surface area contributed by atoms with Gasteiger partial charge in [-0.15, -0.1) is 41.3 Å². The van der Waals surface area contributed by atoms with E-state index in [1.165, 1.54) is 39.1 Å². The van der Waals surface area contributed by atoms with Crippen molar-refractivity contribution in [1.29, 1.82) is 0 Å². The van der Waals surface area contributed by atoms with Crippen molar-refractivity contribution in [1.82, 2.24) is 19.1 Å². The van der Waals surface area contributed by atoms with Gasteiger partial charge in [-0.1, -0.05) is 122 Å². The van der Waals surface area contributed by atoms with Gasteiger partial charge in [0, 0.05) is 41.3 Å². The fourth-order valence-corrected chi connectivity index (χ4v) is 7.93. The summed E-state index contributed by atoms with van der Waals surface area (Å²) in [6.07, 6.45) is 5.86. The van der Waals surface area contributed by atoms with Gasteiger partial charge in [0.1, 0.15) is 5.82 Å². The number of imidazole rings is 1. The van der Waals surface area contributed by atoms with E-state index in [9.17, 15) is 0 Å². The van der Waals surface area contributed by atoms with E-state index in [4.69, 9.17) is 14.7 Å². The number of nitrogens with zero attached hydrogens (tertiary/aromatic N) is 4. The summed E-state index contributed by atoms with van der Waals surface area (Å²) in [5.74, 6) is 3.98. The SMILES string of the molecule is Cc1ccccc1-c1ccnc(-n2c3[c-]c(Oc4[c-]c(-c5nccn5-c5c(C(C)C)cc(C(C)C)cc5C(C)C)ccc4)ccc3c3ccc(C(C)(C)C)cc32)c1.[Pt+2]. The van der Waals surface area contributed by atoms with Gasteiger partial charge < -0.3 is 13.9 Å². The molecule has 8 aromatic rings. The summed E-state index contributed by atoms with van der Waals surface area (Å²) in [4.78, 5) is 9.85. The molecule has 0 unspecified atom stereocenters. The average molecular weight is 944 g/mol. The van der Waals surface area contributed by atoms with Crippen molar-refractivity contribution in [3.05, 3.63) is 156 Å². The molecule has 0 amide bonds. The van der Waals surface area contributed by atoms with Crippen molar-refractivity contribution in [3.63, 3.8) is 0 Å². The van der Waals surface area contributed by atoms with Gasteiger partial charge in [0.2, 0.25) is 0 Å². The number of hydrogen-bond acceptors (Lipinski definition) is 3. The second-order valence-corrected chi connectivity index (χ2v) is 17.3. The molecule has 0 radical (unpaired) electrons. The van der Waals surface area contributed by atoms with Gasteiger partial charge in [-0.2, -0.15) is 6.07 Å². The Morgan fingerprint density at radius 3 is 2.07 bits per heavy atom. The van der Waals surface area contributed by atoms with Gasteiger partial charge >= 0.3 is 21.1 Å². The zero-order chi connectivity index (χ0) is 40.2. The van der Waals surface area contributed by atoms with Gasteiger partial charge in [0.05, 0.1) is 5.82 Å². The monoisotopic (exact) mass is 943 g/mol. The van der Waals surface area contributed by atoms with Crippen LogP contribution in [0.25, 0.3) is 55.8 Å². The maximum absolute atomic E-state index is 6.63. The zero-order valence-electron chi connectivity index (χ0n) is 35.2. The molecule has 0 saturated carbocycles. The fourth-order valence-electron chi connectivity index (χ4n) is 7.93. The third-order valence-corrected chi connectivity index (χ3v) is 11.2. The van der Waals surface area contributed by atoms with E-state index in [-0.39, 0.29) is 26.5 Å². The van der Waals surface area contributed by atoms with E-state index in [1.54, 1.807) is 0 Å². The van der Waals surface area contributed by atoms with Crippen LogP contribution in [0.5, 0.6) is 11.5 Å². The Morgan fingerprint density at radius 2 is 1.38 bits per heavy atom. The molecule has 5 nitrogen and oxygen atoms in total. The molecule has 0 bridgehead atoms. The van der Waals surface area contributed by atoms with E-state index >= 15 is 0 Å². The van der Waals surface area contributed by atoms with Crippen molar-refractivity contribution in [2.24, 2.45) is 0 Å². The minimum Gasteiger partial charge on any atom is -0.503 e. The van der Waals surface area contributed by atoms with Crippen LogP contribution in [0.3, 0.4) is 0 Å². The summed E-state index contributed by atoms with van der Waals surface area (Å²) in [5.41, 5.74) is 12.8. The van der Waals surface area contributed by atoms with Crippen molar-refractivity contribution < 1.29 is 25.8 Å². The molecule has 0 aliphatic carbocycles. The maximum Gasteiger partial charge on any atom is 2.00 e. The van der Waals surface area contributed by atoms with Gasteiger partial charge in [0.15, 0.2) is 0 Å². The van der Waals surface area contributed by atoms with E-state index < -0.39 is 0 Å². The van der Waals surface area contributed by atoms with E-state index in [2.05, 4.69) is 176 Å². The Kier molecular flexibility index (Phi) is 11.4. The number of ether oxygens (including phenoxy) is 1. The van der Waals surface area contributed by atoms with Crippen molar-refractivity contribution in [2.75, 3.05) is 0 Å². The molecular formula is C52H52N4OPt. The molecule has 8 rings (SSSR count). The van der Waals surface area contributed by atoms with Crippen LogP contribution < -0.4 is 4.74 Å². The summed E-state index contributed by atoms with van der Waals surface area (Å²) in [6, 6.07) is 41.7. The summed E-state index contributed by atoms with van der Waals surface area (Å²) >= 11 is 0. The van der Waals surface area contributed by atoms with E-state index in [0.29, 0.717) is 29.3 Å². The maximum atomic E-state index is 6.63. The van der Waals surface area contributed by atoms with Gasteiger partial charge in [-0.3, -0.25) is 4.98 Å².